The van der Waals surface area contributed by atoms with Crippen LogP contribution in [-0.2, 0) is 13.0 Å². The summed E-state index contributed by atoms with van der Waals surface area (Å²) >= 11 is 0. The standard InChI is InChI=1S/C22H26N4O3/c1-15(27)16-8-7-9-17(14-16)23-21(28)19-18-10-3-6-13-26(18)20(24-19)22(29)25-11-4-2-5-12-25/h7-9,14H,2-6,10-13H2,1H3,(H,23,28). The second-order valence-corrected chi connectivity index (χ2v) is 7.78. The first-order chi connectivity index (χ1) is 14.0. The van der Waals surface area contributed by atoms with Gasteiger partial charge in [0.15, 0.2) is 17.3 Å². The molecule has 152 valence electrons. The van der Waals surface area contributed by atoms with Crippen molar-refractivity contribution in [2.75, 3.05) is 18.4 Å². The van der Waals surface area contributed by atoms with Crippen LogP contribution in [0.3, 0.4) is 0 Å². The summed E-state index contributed by atoms with van der Waals surface area (Å²) in [7, 11) is 0. The van der Waals surface area contributed by atoms with Gasteiger partial charge in [-0.3, -0.25) is 14.4 Å². The van der Waals surface area contributed by atoms with Crippen molar-refractivity contribution in [2.24, 2.45) is 0 Å². The molecule has 0 atom stereocenters. The highest BCUT2D eigenvalue weighted by atomic mass is 16.2. The van der Waals surface area contributed by atoms with Gasteiger partial charge in [-0.15, -0.1) is 0 Å². The van der Waals surface area contributed by atoms with Crippen molar-refractivity contribution in [3.8, 4) is 0 Å². The molecule has 2 aliphatic heterocycles. The number of carbonyl (C=O) groups is 3. The summed E-state index contributed by atoms with van der Waals surface area (Å²) in [5.41, 5.74) is 2.23. The first-order valence-electron chi connectivity index (χ1n) is 10.4. The van der Waals surface area contributed by atoms with Crippen molar-refractivity contribution in [3.05, 3.63) is 47.0 Å². The molecular formula is C22H26N4O3. The molecule has 3 heterocycles. The van der Waals surface area contributed by atoms with Crippen LogP contribution >= 0.6 is 0 Å². The van der Waals surface area contributed by atoms with Gasteiger partial charge < -0.3 is 14.8 Å². The van der Waals surface area contributed by atoms with Gasteiger partial charge in [-0.1, -0.05) is 12.1 Å². The fourth-order valence-electron chi connectivity index (χ4n) is 4.13. The van der Waals surface area contributed by atoms with E-state index in [0.29, 0.717) is 29.3 Å². The average Bonchev–Trinajstić information content (AvgIpc) is 3.14. The summed E-state index contributed by atoms with van der Waals surface area (Å²) in [5.74, 6) is -0.0985. The number of rotatable bonds is 4. The molecule has 0 unspecified atom stereocenters. The monoisotopic (exact) mass is 394 g/mol. The molecule has 1 aromatic carbocycles. The third kappa shape index (κ3) is 3.95. The normalized spacial score (nSPS) is 16.2. The fraction of sp³-hybridized carbons (Fsp3) is 0.455. The molecule has 2 aromatic rings. The van der Waals surface area contributed by atoms with Crippen molar-refractivity contribution in [2.45, 2.75) is 52.0 Å². The van der Waals surface area contributed by atoms with Crippen molar-refractivity contribution in [1.29, 1.82) is 0 Å². The number of piperidine rings is 1. The zero-order chi connectivity index (χ0) is 20.4. The lowest BCUT2D eigenvalue weighted by Crippen LogP contribution is -2.37. The van der Waals surface area contributed by atoms with Crippen molar-refractivity contribution in [3.63, 3.8) is 0 Å². The summed E-state index contributed by atoms with van der Waals surface area (Å²) in [6.45, 7) is 3.70. The van der Waals surface area contributed by atoms with E-state index in [9.17, 15) is 14.4 Å². The van der Waals surface area contributed by atoms with Crippen LogP contribution in [-0.4, -0.2) is 45.1 Å². The number of aromatic nitrogens is 2. The molecule has 1 N–H and O–H groups in total. The molecule has 0 spiro atoms. The van der Waals surface area contributed by atoms with Gasteiger partial charge in [-0.25, -0.2) is 4.98 Å². The van der Waals surface area contributed by atoms with E-state index < -0.39 is 0 Å². The third-order valence-corrected chi connectivity index (χ3v) is 5.69. The first-order valence-corrected chi connectivity index (χ1v) is 10.4. The maximum absolute atomic E-state index is 13.1. The Bertz CT molecular complexity index is 957. The molecule has 1 saturated heterocycles. The average molecular weight is 394 g/mol. The molecule has 4 rings (SSSR count). The van der Waals surface area contributed by atoms with Gasteiger partial charge in [0.2, 0.25) is 0 Å². The summed E-state index contributed by atoms with van der Waals surface area (Å²) in [5, 5.41) is 2.84. The van der Waals surface area contributed by atoms with E-state index in [1.807, 2.05) is 9.47 Å². The first kappa shape index (κ1) is 19.4. The molecule has 1 fully saturated rings. The van der Waals surface area contributed by atoms with E-state index in [-0.39, 0.29) is 17.6 Å². The molecule has 1 aromatic heterocycles. The van der Waals surface area contributed by atoms with Gasteiger partial charge in [0.25, 0.3) is 11.8 Å². The Morgan fingerprint density at radius 3 is 2.52 bits per heavy atom. The lowest BCUT2D eigenvalue weighted by atomic mass is 10.1. The molecule has 7 heteroatoms. The number of amides is 2. The van der Waals surface area contributed by atoms with Crippen molar-refractivity contribution >= 4 is 23.3 Å². The van der Waals surface area contributed by atoms with Crippen LogP contribution in [0.15, 0.2) is 24.3 Å². The second-order valence-electron chi connectivity index (χ2n) is 7.78. The number of hydrogen-bond acceptors (Lipinski definition) is 4. The Labute approximate surface area is 170 Å². The lowest BCUT2D eigenvalue weighted by Gasteiger charge is -2.27. The molecule has 0 saturated carbocycles. The van der Waals surface area contributed by atoms with Crippen LogP contribution in [0.25, 0.3) is 0 Å². The number of Topliss-reactive ketones (excluding diaryl/α,β-unsaturated/α-hetero) is 1. The number of nitrogens with zero attached hydrogens (tertiary/aromatic N) is 3. The van der Waals surface area contributed by atoms with Gasteiger partial charge in [-0.2, -0.15) is 0 Å². The SMILES string of the molecule is CC(=O)c1cccc(NC(=O)c2nc(C(=O)N3CCCCC3)n3c2CCCC3)c1. The molecule has 2 amide bonds. The molecule has 0 bridgehead atoms. The Hall–Kier alpha value is -2.96. The number of fused-ring (bicyclic) bond motifs is 1. The number of anilines is 1. The Balaban J connectivity index is 1.62. The maximum Gasteiger partial charge on any atom is 0.289 e. The zero-order valence-corrected chi connectivity index (χ0v) is 16.7. The van der Waals surface area contributed by atoms with Gasteiger partial charge in [-0.05, 0) is 57.6 Å². The highest BCUT2D eigenvalue weighted by Crippen LogP contribution is 2.24. The van der Waals surface area contributed by atoms with Gasteiger partial charge in [0, 0.05) is 30.9 Å². The minimum absolute atomic E-state index is 0.0603. The quantitative estimate of drug-likeness (QED) is 0.807. The Morgan fingerprint density at radius 2 is 1.76 bits per heavy atom. The van der Waals surface area contributed by atoms with Crippen LogP contribution in [0.2, 0.25) is 0 Å². The molecule has 0 aliphatic carbocycles. The van der Waals surface area contributed by atoms with Gasteiger partial charge in [0.1, 0.15) is 0 Å². The molecule has 7 nitrogen and oxygen atoms in total. The zero-order valence-electron chi connectivity index (χ0n) is 16.7. The largest absolute Gasteiger partial charge is 0.336 e. The molecular weight excluding hydrogens is 368 g/mol. The van der Waals surface area contributed by atoms with E-state index >= 15 is 0 Å². The topological polar surface area (TPSA) is 84.3 Å². The van der Waals surface area contributed by atoms with Gasteiger partial charge >= 0.3 is 0 Å². The number of hydrogen-bond donors (Lipinski definition) is 1. The van der Waals surface area contributed by atoms with E-state index in [1.165, 1.54) is 6.92 Å². The molecule has 0 radical (unpaired) electrons. The minimum Gasteiger partial charge on any atom is -0.336 e. The smallest absolute Gasteiger partial charge is 0.289 e. The Kier molecular flexibility index (Phi) is 5.47. The lowest BCUT2D eigenvalue weighted by molar-refractivity contribution is 0.0705. The van der Waals surface area contributed by atoms with E-state index in [0.717, 1.165) is 57.3 Å². The van der Waals surface area contributed by atoms with Crippen LogP contribution in [0, 0.1) is 0 Å². The third-order valence-electron chi connectivity index (χ3n) is 5.69. The summed E-state index contributed by atoms with van der Waals surface area (Å²) in [6.07, 6.45) is 5.86. The highest BCUT2D eigenvalue weighted by Gasteiger charge is 2.30. The van der Waals surface area contributed by atoms with Crippen molar-refractivity contribution < 1.29 is 14.4 Å². The second kappa shape index (κ2) is 8.19. The van der Waals surface area contributed by atoms with Crippen LogP contribution in [0.1, 0.15) is 76.2 Å². The van der Waals surface area contributed by atoms with E-state index in [4.69, 9.17) is 0 Å². The summed E-state index contributed by atoms with van der Waals surface area (Å²) in [6, 6.07) is 6.85. The van der Waals surface area contributed by atoms with Crippen molar-refractivity contribution in [1.82, 2.24) is 14.5 Å². The van der Waals surface area contributed by atoms with E-state index in [1.54, 1.807) is 24.3 Å². The number of imidazole rings is 1. The molecule has 2 aliphatic rings. The molecule has 29 heavy (non-hydrogen) atoms. The number of nitrogens with one attached hydrogen (secondary N) is 1. The number of carbonyl (C=O) groups excluding carboxylic acids is 3. The van der Waals surface area contributed by atoms with Gasteiger partial charge in [0.05, 0.1) is 5.69 Å². The van der Waals surface area contributed by atoms with Crippen LogP contribution < -0.4 is 5.32 Å². The van der Waals surface area contributed by atoms with Crippen LogP contribution in [0.4, 0.5) is 5.69 Å². The summed E-state index contributed by atoms with van der Waals surface area (Å²) < 4.78 is 1.93. The van der Waals surface area contributed by atoms with E-state index in [2.05, 4.69) is 10.3 Å². The van der Waals surface area contributed by atoms with Crippen LogP contribution in [0.5, 0.6) is 0 Å². The number of benzene rings is 1. The highest BCUT2D eigenvalue weighted by molar-refractivity contribution is 6.05. The number of likely N-dealkylation sites (tertiary alicyclic amines) is 1. The predicted molar refractivity (Wildman–Crippen MR) is 109 cm³/mol. The maximum atomic E-state index is 13.1. The Morgan fingerprint density at radius 1 is 1.00 bits per heavy atom. The number of ketones is 1. The minimum atomic E-state index is -0.339. The summed E-state index contributed by atoms with van der Waals surface area (Å²) in [4.78, 5) is 44.0. The predicted octanol–water partition coefficient (Wildman–Crippen LogP) is 3.30. The fourth-order valence-corrected chi connectivity index (χ4v) is 4.13.